The van der Waals surface area contributed by atoms with Gasteiger partial charge in [0.15, 0.2) is 0 Å². The van der Waals surface area contributed by atoms with Gasteiger partial charge in [0.05, 0.1) is 18.6 Å². The SMILES string of the molecule is COc1cccc(N2CC(C(=O)N3CCN(C(=O)c4cccnc4)CC3)CC2=O)c1. The maximum atomic E-state index is 13.0. The molecule has 3 amide bonds. The van der Waals surface area contributed by atoms with Gasteiger partial charge in [0.25, 0.3) is 5.91 Å². The number of aromatic nitrogens is 1. The lowest BCUT2D eigenvalue weighted by atomic mass is 10.1. The number of anilines is 1. The van der Waals surface area contributed by atoms with Crippen molar-refractivity contribution >= 4 is 23.4 Å². The first kappa shape index (κ1) is 19.9. The smallest absolute Gasteiger partial charge is 0.255 e. The first-order chi connectivity index (χ1) is 14.6. The van der Waals surface area contributed by atoms with E-state index in [1.807, 2.05) is 18.2 Å². The number of hydrogen-bond donors (Lipinski definition) is 0. The lowest BCUT2D eigenvalue weighted by Gasteiger charge is -2.35. The van der Waals surface area contributed by atoms with Crippen molar-refractivity contribution in [3.8, 4) is 5.75 Å². The summed E-state index contributed by atoms with van der Waals surface area (Å²) in [6.07, 6.45) is 3.38. The largest absolute Gasteiger partial charge is 0.497 e. The molecular weight excluding hydrogens is 384 g/mol. The van der Waals surface area contributed by atoms with Gasteiger partial charge in [-0.3, -0.25) is 19.4 Å². The van der Waals surface area contributed by atoms with Crippen LogP contribution in [0.4, 0.5) is 5.69 Å². The molecule has 2 aliphatic rings. The van der Waals surface area contributed by atoms with E-state index in [4.69, 9.17) is 4.74 Å². The third kappa shape index (κ3) is 3.98. The maximum Gasteiger partial charge on any atom is 0.255 e. The Morgan fingerprint density at radius 3 is 2.53 bits per heavy atom. The Morgan fingerprint density at radius 2 is 1.83 bits per heavy atom. The molecular formula is C22H24N4O4. The molecule has 1 unspecified atom stereocenters. The Balaban J connectivity index is 1.35. The zero-order chi connectivity index (χ0) is 21.1. The summed E-state index contributed by atoms with van der Waals surface area (Å²) in [6, 6.07) is 10.8. The molecule has 0 aliphatic carbocycles. The van der Waals surface area contributed by atoms with Gasteiger partial charge in [-0.25, -0.2) is 0 Å². The molecule has 0 N–H and O–H groups in total. The second-order valence-corrected chi connectivity index (χ2v) is 7.47. The number of piperazine rings is 1. The van der Waals surface area contributed by atoms with Gasteiger partial charge in [-0.1, -0.05) is 6.07 Å². The van der Waals surface area contributed by atoms with E-state index in [1.54, 1.807) is 52.4 Å². The number of amides is 3. The van der Waals surface area contributed by atoms with Crippen molar-refractivity contribution < 1.29 is 19.1 Å². The predicted octanol–water partition coefficient (Wildman–Crippen LogP) is 1.43. The standard InChI is InChI=1S/C22H24N4O4/c1-30-19-6-2-5-18(13-19)26-15-17(12-20(26)27)22(29)25-10-8-24(9-11-25)21(28)16-4-3-7-23-14-16/h2-7,13-14,17H,8-12,15H2,1H3. The zero-order valence-electron chi connectivity index (χ0n) is 16.9. The second-order valence-electron chi connectivity index (χ2n) is 7.47. The van der Waals surface area contributed by atoms with E-state index < -0.39 is 0 Å². The minimum Gasteiger partial charge on any atom is -0.497 e. The predicted molar refractivity (Wildman–Crippen MR) is 110 cm³/mol. The number of ether oxygens (including phenoxy) is 1. The lowest BCUT2D eigenvalue weighted by Crippen LogP contribution is -2.52. The number of methoxy groups -OCH3 is 1. The number of nitrogens with zero attached hydrogens (tertiary/aromatic N) is 4. The summed E-state index contributed by atoms with van der Waals surface area (Å²) < 4.78 is 5.23. The van der Waals surface area contributed by atoms with Crippen LogP contribution in [0.25, 0.3) is 0 Å². The van der Waals surface area contributed by atoms with Crippen LogP contribution in [-0.2, 0) is 9.59 Å². The average molecular weight is 408 g/mol. The first-order valence-corrected chi connectivity index (χ1v) is 9.99. The highest BCUT2D eigenvalue weighted by molar-refractivity contribution is 6.00. The molecule has 8 nitrogen and oxygen atoms in total. The number of carbonyl (C=O) groups is 3. The topological polar surface area (TPSA) is 83.1 Å². The van der Waals surface area contributed by atoms with Gasteiger partial charge in [-0.2, -0.15) is 0 Å². The van der Waals surface area contributed by atoms with Crippen LogP contribution in [-0.4, -0.2) is 72.3 Å². The molecule has 2 fully saturated rings. The van der Waals surface area contributed by atoms with E-state index >= 15 is 0 Å². The van der Waals surface area contributed by atoms with Crippen molar-refractivity contribution in [2.45, 2.75) is 6.42 Å². The molecule has 2 saturated heterocycles. The fraction of sp³-hybridized carbons (Fsp3) is 0.364. The van der Waals surface area contributed by atoms with Crippen LogP contribution >= 0.6 is 0 Å². The molecule has 2 aromatic rings. The van der Waals surface area contributed by atoms with Crippen LogP contribution in [0.5, 0.6) is 5.75 Å². The van der Waals surface area contributed by atoms with Crippen molar-refractivity contribution in [1.82, 2.24) is 14.8 Å². The minimum atomic E-state index is -0.371. The normalized spacial score (nSPS) is 19.2. The summed E-state index contributed by atoms with van der Waals surface area (Å²) in [7, 11) is 1.58. The van der Waals surface area contributed by atoms with E-state index in [9.17, 15) is 14.4 Å². The summed E-state index contributed by atoms with van der Waals surface area (Å²) in [6.45, 7) is 2.24. The molecule has 0 spiro atoms. The van der Waals surface area contributed by atoms with Crippen LogP contribution in [0, 0.1) is 5.92 Å². The summed E-state index contributed by atoms with van der Waals surface area (Å²) in [4.78, 5) is 47.2. The van der Waals surface area contributed by atoms with Crippen LogP contribution in [0.3, 0.4) is 0 Å². The fourth-order valence-electron chi connectivity index (χ4n) is 3.96. The van der Waals surface area contributed by atoms with Crippen molar-refractivity contribution in [2.24, 2.45) is 5.92 Å². The van der Waals surface area contributed by atoms with Crippen molar-refractivity contribution in [3.05, 3.63) is 54.4 Å². The van der Waals surface area contributed by atoms with Gasteiger partial charge >= 0.3 is 0 Å². The molecule has 4 rings (SSSR count). The van der Waals surface area contributed by atoms with E-state index in [0.29, 0.717) is 44.0 Å². The molecule has 1 aromatic carbocycles. The van der Waals surface area contributed by atoms with Gasteiger partial charge in [0.2, 0.25) is 11.8 Å². The van der Waals surface area contributed by atoms with Gasteiger partial charge in [0, 0.05) is 63.3 Å². The number of hydrogen-bond acceptors (Lipinski definition) is 5. The van der Waals surface area contributed by atoms with Crippen molar-refractivity contribution in [1.29, 1.82) is 0 Å². The Morgan fingerprint density at radius 1 is 1.07 bits per heavy atom. The summed E-state index contributed by atoms with van der Waals surface area (Å²) in [5.41, 5.74) is 1.29. The molecule has 0 radical (unpaired) electrons. The molecule has 30 heavy (non-hydrogen) atoms. The molecule has 1 atom stereocenters. The van der Waals surface area contributed by atoms with Crippen molar-refractivity contribution in [3.63, 3.8) is 0 Å². The molecule has 0 saturated carbocycles. The van der Waals surface area contributed by atoms with E-state index in [1.165, 1.54) is 0 Å². The van der Waals surface area contributed by atoms with E-state index in [0.717, 1.165) is 5.69 Å². The third-order valence-corrected chi connectivity index (χ3v) is 5.63. The molecule has 156 valence electrons. The fourth-order valence-corrected chi connectivity index (χ4v) is 3.96. The van der Waals surface area contributed by atoms with E-state index in [-0.39, 0.29) is 30.1 Å². The zero-order valence-corrected chi connectivity index (χ0v) is 16.9. The van der Waals surface area contributed by atoms with Crippen LogP contribution in [0.1, 0.15) is 16.8 Å². The molecule has 2 aliphatic heterocycles. The summed E-state index contributed by atoms with van der Waals surface area (Å²) in [5.74, 6) is 0.137. The Bertz CT molecular complexity index is 941. The second kappa shape index (κ2) is 8.52. The van der Waals surface area contributed by atoms with Crippen LogP contribution < -0.4 is 9.64 Å². The van der Waals surface area contributed by atoms with Gasteiger partial charge < -0.3 is 19.4 Å². The number of benzene rings is 1. The summed E-state index contributed by atoms with van der Waals surface area (Å²) >= 11 is 0. The number of carbonyl (C=O) groups excluding carboxylic acids is 3. The minimum absolute atomic E-state index is 0.0257. The molecule has 1 aromatic heterocycles. The first-order valence-electron chi connectivity index (χ1n) is 9.99. The summed E-state index contributed by atoms with van der Waals surface area (Å²) in [5, 5.41) is 0. The highest BCUT2D eigenvalue weighted by Crippen LogP contribution is 2.29. The highest BCUT2D eigenvalue weighted by Gasteiger charge is 2.38. The van der Waals surface area contributed by atoms with Crippen LogP contribution in [0.15, 0.2) is 48.8 Å². The van der Waals surface area contributed by atoms with E-state index in [2.05, 4.69) is 4.98 Å². The van der Waals surface area contributed by atoms with Crippen LogP contribution in [0.2, 0.25) is 0 Å². The van der Waals surface area contributed by atoms with Gasteiger partial charge in [-0.15, -0.1) is 0 Å². The average Bonchev–Trinajstić information content (AvgIpc) is 3.20. The maximum absolute atomic E-state index is 13.0. The molecule has 0 bridgehead atoms. The molecule has 8 heteroatoms. The molecule has 3 heterocycles. The van der Waals surface area contributed by atoms with Gasteiger partial charge in [-0.05, 0) is 24.3 Å². The number of rotatable bonds is 4. The Labute approximate surface area is 175 Å². The quantitative estimate of drug-likeness (QED) is 0.764. The van der Waals surface area contributed by atoms with Crippen molar-refractivity contribution in [2.75, 3.05) is 44.7 Å². The van der Waals surface area contributed by atoms with Gasteiger partial charge in [0.1, 0.15) is 5.75 Å². The third-order valence-electron chi connectivity index (χ3n) is 5.63. The monoisotopic (exact) mass is 408 g/mol. The number of pyridine rings is 1. The Hall–Kier alpha value is -3.42. The Kier molecular flexibility index (Phi) is 5.65. The lowest BCUT2D eigenvalue weighted by molar-refractivity contribution is -0.137. The highest BCUT2D eigenvalue weighted by atomic mass is 16.5.